The summed E-state index contributed by atoms with van der Waals surface area (Å²) in [7, 11) is -3.93. The first-order valence-electron chi connectivity index (χ1n) is 10.9. The van der Waals surface area contributed by atoms with Gasteiger partial charge in [-0.25, -0.2) is 13.4 Å². The number of hydrogen-bond acceptors (Lipinski definition) is 7. The molecule has 37 heavy (non-hydrogen) atoms. The molecule has 0 fully saturated rings. The third kappa shape index (κ3) is 5.18. The molecule has 2 aromatic heterocycles. The number of rotatable bonds is 6. The summed E-state index contributed by atoms with van der Waals surface area (Å²) in [5.74, 6) is 0.342. The molecular formula is C24H18F3N3O5S2. The van der Waals surface area contributed by atoms with Crippen molar-refractivity contribution in [3.8, 4) is 22.8 Å². The van der Waals surface area contributed by atoms with E-state index in [2.05, 4.69) is 9.71 Å². The Morgan fingerprint density at radius 1 is 1.16 bits per heavy atom. The maximum Gasteiger partial charge on any atom is 0.416 e. The number of aromatic nitrogens is 2. The van der Waals surface area contributed by atoms with Gasteiger partial charge in [-0.05, 0) is 30.3 Å². The van der Waals surface area contributed by atoms with Crippen LogP contribution in [0.15, 0.2) is 77.3 Å². The second kappa shape index (κ2) is 9.56. The molecule has 2 aromatic carbocycles. The van der Waals surface area contributed by atoms with Crippen LogP contribution in [0.2, 0.25) is 0 Å². The molecule has 5 rings (SSSR count). The van der Waals surface area contributed by atoms with Gasteiger partial charge < -0.3 is 14.7 Å². The molecule has 4 aromatic rings. The van der Waals surface area contributed by atoms with Gasteiger partial charge in [-0.2, -0.15) is 17.9 Å². The summed E-state index contributed by atoms with van der Waals surface area (Å²) in [6.07, 6.45) is -2.27. The molecule has 8 nitrogen and oxygen atoms in total. The average molecular weight is 550 g/mol. The Hall–Kier alpha value is -3.84. The Morgan fingerprint density at radius 3 is 2.73 bits per heavy atom. The first-order chi connectivity index (χ1) is 17.6. The lowest BCUT2D eigenvalue weighted by atomic mass is 10.0. The number of sulfonamides is 1. The van der Waals surface area contributed by atoms with E-state index in [1.54, 1.807) is 11.4 Å². The summed E-state index contributed by atoms with van der Waals surface area (Å²) in [6, 6.07) is 11.6. The zero-order valence-corrected chi connectivity index (χ0v) is 20.4. The highest BCUT2D eigenvalue weighted by molar-refractivity contribution is 7.93. The second-order valence-electron chi connectivity index (χ2n) is 8.01. The molecule has 3 heterocycles. The summed E-state index contributed by atoms with van der Waals surface area (Å²) in [6.45, 7) is 0.184. The van der Waals surface area contributed by atoms with E-state index in [4.69, 9.17) is 9.47 Å². The van der Waals surface area contributed by atoms with E-state index in [1.807, 2.05) is 0 Å². The number of thiazole rings is 1. The number of nitrogens with one attached hydrogen (secondary N) is 1. The second-order valence-corrected chi connectivity index (χ2v) is 10.6. The fraction of sp³-hybridized carbons (Fsp3) is 0.167. The predicted molar refractivity (Wildman–Crippen MR) is 129 cm³/mol. The maximum absolute atomic E-state index is 13.4. The van der Waals surface area contributed by atoms with Gasteiger partial charge in [0.1, 0.15) is 17.6 Å². The topological polar surface area (TPSA) is 104 Å². The van der Waals surface area contributed by atoms with Crippen LogP contribution in [0, 0.1) is 5.21 Å². The minimum atomic E-state index is -4.62. The molecule has 0 saturated heterocycles. The van der Waals surface area contributed by atoms with Crippen LogP contribution >= 0.6 is 11.3 Å². The van der Waals surface area contributed by atoms with Crippen LogP contribution < -0.4 is 18.9 Å². The molecule has 1 N–H and O–H groups in total. The number of ether oxygens (including phenoxy) is 2. The molecule has 0 radical (unpaired) electrons. The largest absolute Gasteiger partial charge is 0.618 e. The Balaban J connectivity index is 1.49. The number of hydrogen-bond donors (Lipinski definition) is 1. The van der Waals surface area contributed by atoms with E-state index in [1.165, 1.54) is 48.8 Å². The fourth-order valence-electron chi connectivity index (χ4n) is 3.87. The summed E-state index contributed by atoms with van der Waals surface area (Å²) < 4.78 is 80.4. The smallest absolute Gasteiger partial charge is 0.416 e. The maximum atomic E-state index is 13.4. The minimum Gasteiger partial charge on any atom is -0.618 e. The van der Waals surface area contributed by atoms with Gasteiger partial charge in [0.05, 0.1) is 22.6 Å². The SMILES string of the molecule is O=S(=O)(Nc1nccs1)c1ccc2c(c1)OCC[C@H]2Oc1ccc(C(F)(F)F)cc1-c1cccc[n+]1[O-]. The molecule has 0 unspecified atom stereocenters. The molecule has 0 spiro atoms. The fourth-order valence-corrected chi connectivity index (χ4v) is 5.68. The highest BCUT2D eigenvalue weighted by Gasteiger charge is 2.33. The van der Waals surface area contributed by atoms with Crippen molar-refractivity contribution in [2.45, 2.75) is 23.6 Å². The van der Waals surface area contributed by atoms with E-state index in [9.17, 15) is 26.8 Å². The van der Waals surface area contributed by atoms with E-state index in [-0.39, 0.29) is 39.4 Å². The molecule has 0 saturated carbocycles. The molecule has 0 amide bonds. The molecule has 1 aliphatic heterocycles. The Morgan fingerprint density at radius 2 is 2.00 bits per heavy atom. The zero-order valence-electron chi connectivity index (χ0n) is 18.8. The van der Waals surface area contributed by atoms with Crippen molar-refractivity contribution in [2.75, 3.05) is 11.3 Å². The Labute approximate surface area is 213 Å². The van der Waals surface area contributed by atoms with Crippen molar-refractivity contribution in [1.82, 2.24) is 4.98 Å². The van der Waals surface area contributed by atoms with Gasteiger partial charge in [-0.3, -0.25) is 4.72 Å². The molecule has 0 aliphatic carbocycles. The van der Waals surface area contributed by atoms with Gasteiger partial charge in [0.2, 0.25) is 5.69 Å². The molecule has 1 atom stereocenters. The van der Waals surface area contributed by atoms with E-state index < -0.39 is 27.9 Å². The molecule has 192 valence electrons. The summed E-state index contributed by atoms with van der Waals surface area (Å²) in [5.41, 5.74) is -0.432. The monoisotopic (exact) mass is 549 g/mol. The van der Waals surface area contributed by atoms with Crippen molar-refractivity contribution < 1.29 is 35.8 Å². The van der Waals surface area contributed by atoms with Crippen molar-refractivity contribution in [3.05, 3.63) is 88.7 Å². The lowest BCUT2D eigenvalue weighted by Crippen LogP contribution is -2.28. The third-order valence-corrected chi connectivity index (χ3v) is 7.76. The van der Waals surface area contributed by atoms with E-state index in [0.717, 1.165) is 23.5 Å². The Bertz CT molecular complexity index is 1540. The highest BCUT2D eigenvalue weighted by Crippen LogP contribution is 2.41. The van der Waals surface area contributed by atoms with Gasteiger partial charge in [-0.15, -0.1) is 11.3 Å². The van der Waals surface area contributed by atoms with Crippen molar-refractivity contribution in [1.29, 1.82) is 0 Å². The molecular weight excluding hydrogens is 531 g/mol. The molecule has 13 heteroatoms. The predicted octanol–water partition coefficient (Wildman–Crippen LogP) is 5.17. The van der Waals surface area contributed by atoms with Crippen LogP contribution in [0.4, 0.5) is 18.3 Å². The number of anilines is 1. The molecule has 1 aliphatic rings. The van der Waals surface area contributed by atoms with E-state index >= 15 is 0 Å². The van der Waals surface area contributed by atoms with Gasteiger partial charge >= 0.3 is 6.18 Å². The zero-order chi connectivity index (χ0) is 26.2. The lowest BCUT2D eigenvalue weighted by molar-refractivity contribution is -0.593. The highest BCUT2D eigenvalue weighted by atomic mass is 32.2. The first-order valence-corrected chi connectivity index (χ1v) is 13.2. The van der Waals surface area contributed by atoms with Crippen molar-refractivity contribution in [2.24, 2.45) is 0 Å². The number of nitrogens with zero attached hydrogens (tertiary/aromatic N) is 2. The van der Waals surface area contributed by atoms with Gasteiger partial charge in [0, 0.05) is 41.8 Å². The summed E-state index contributed by atoms with van der Waals surface area (Å²) >= 11 is 1.13. The van der Waals surface area contributed by atoms with Gasteiger partial charge in [-0.1, -0.05) is 6.07 Å². The minimum absolute atomic E-state index is 0.00872. The standard InChI is InChI=1S/C24H18F3N3O5S2/c25-24(26,27)15-4-7-20(18(13-15)19-3-1-2-10-30(19)31)35-21-8-11-34-22-14-16(5-6-17(21)22)37(32,33)29-23-28-9-12-36-23/h1-7,9-10,12-14,21H,8,11H2,(H,28,29)/t21-/m1/s1. The van der Waals surface area contributed by atoms with E-state index in [0.29, 0.717) is 16.7 Å². The van der Waals surface area contributed by atoms with Gasteiger partial charge in [0.25, 0.3) is 10.0 Å². The normalized spacial score (nSPS) is 15.5. The van der Waals surface area contributed by atoms with Gasteiger partial charge in [0.15, 0.2) is 11.3 Å². The lowest BCUT2D eigenvalue weighted by Gasteiger charge is -2.28. The van der Waals surface area contributed by atoms with Crippen LogP contribution in [-0.2, 0) is 16.2 Å². The van der Waals surface area contributed by atoms with Crippen LogP contribution in [0.1, 0.15) is 23.7 Å². The number of fused-ring (bicyclic) bond motifs is 1. The van der Waals surface area contributed by atoms with Crippen LogP contribution in [0.25, 0.3) is 11.3 Å². The van der Waals surface area contributed by atoms with Crippen LogP contribution in [0.5, 0.6) is 11.5 Å². The third-order valence-electron chi connectivity index (χ3n) is 5.61. The number of pyridine rings is 1. The summed E-state index contributed by atoms with van der Waals surface area (Å²) in [4.78, 5) is 3.87. The first kappa shape index (κ1) is 24.8. The Kier molecular flexibility index (Phi) is 6.42. The van der Waals surface area contributed by atoms with Crippen LogP contribution in [0.3, 0.4) is 0 Å². The number of alkyl halides is 3. The molecule has 0 bridgehead atoms. The summed E-state index contributed by atoms with van der Waals surface area (Å²) in [5, 5.41) is 14.2. The van der Waals surface area contributed by atoms with Crippen molar-refractivity contribution in [3.63, 3.8) is 0 Å². The number of benzene rings is 2. The number of halogens is 3. The van der Waals surface area contributed by atoms with Crippen LogP contribution in [-0.4, -0.2) is 20.0 Å². The van der Waals surface area contributed by atoms with Crippen molar-refractivity contribution >= 4 is 26.5 Å². The average Bonchev–Trinajstić information content (AvgIpc) is 3.36. The quantitative estimate of drug-likeness (QED) is 0.263.